The Morgan fingerprint density at radius 3 is 2.74 bits per heavy atom. The molecule has 0 saturated heterocycles. The first-order valence-corrected chi connectivity index (χ1v) is 5.96. The van der Waals surface area contributed by atoms with Crippen molar-refractivity contribution in [2.45, 2.75) is 13.0 Å². The maximum absolute atomic E-state index is 11.1. The molecule has 1 amide bonds. The van der Waals surface area contributed by atoms with Crippen LogP contribution < -0.4 is 16.0 Å². The lowest BCUT2D eigenvalue weighted by atomic mass is 10.3. The summed E-state index contributed by atoms with van der Waals surface area (Å²) in [6.45, 7) is 2.17. The SMILES string of the molecule is CN=C(NCC(=O)NC)NCC(O)c1ccc(C)o1. The molecule has 0 spiro atoms. The first kappa shape index (κ1) is 15.0. The summed E-state index contributed by atoms with van der Waals surface area (Å²) in [5, 5.41) is 18.1. The number of furan rings is 1. The van der Waals surface area contributed by atoms with Crippen LogP contribution in [-0.2, 0) is 4.79 Å². The van der Waals surface area contributed by atoms with E-state index in [1.165, 1.54) is 0 Å². The van der Waals surface area contributed by atoms with Crippen molar-refractivity contribution in [2.75, 3.05) is 27.2 Å². The van der Waals surface area contributed by atoms with E-state index in [1.54, 1.807) is 26.2 Å². The maximum Gasteiger partial charge on any atom is 0.239 e. The predicted octanol–water partition coefficient (Wildman–Crippen LogP) is -0.468. The number of likely N-dealkylation sites (N-methyl/N-ethyl adjacent to an activating group) is 1. The molecule has 1 aromatic heterocycles. The number of nitrogens with zero attached hydrogens (tertiary/aromatic N) is 1. The average molecular weight is 268 g/mol. The van der Waals surface area contributed by atoms with Gasteiger partial charge in [-0.3, -0.25) is 9.79 Å². The Morgan fingerprint density at radius 1 is 1.47 bits per heavy atom. The lowest BCUT2D eigenvalue weighted by molar-refractivity contribution is -0.119. The van der Waals surface area contributed by atoms with Crippen molar-refractivity contribution in [1.82, 2.24) is 16.0 Å². The van der Waals surface area contributed by atoms with Gasteiger partial charge in [0.15, 0.2) is 5.96 Å². The van der Waals surface area contributed by atoms with Crippen LogP contribution in [0.3, 0.4) is 0 Å². The van der Waals surface area contributed by atoms with Crippen LogP contribution in [-0.4, -0.2) is 44.2 Å². The molecule has 1 atom stereocenters. The number of aliphatic imine (C=N–C) groups is 1. The Bertz CT molecular complexity index is 442. The lowest BCUT2D eigenvalue weighted by Crippen LogP contribution is -2.43. The lowest BCUT2D eigenvalue weighted by Gasteiger charge is -2.13. The molecule has 4 N–H and O–H groups in total. The zero-order chi connectivity index (χ0) is 14.3. The summed E-state index contributed by atoms with van der Waals surface area (Å²) in [5.74, 6) is 1.53. The minimum absolute atomic E-state index is 0.117. The number of rotatable bonds is 5. The molecule has 1 unspecified atom stereocenters. The van der Waals surface area contributed by atoms with Gasteiger partial charge in [0, 0.05) is 14.1 Å². The highest BCUT2D eigenvalue weighted by molar-refractivity contribution is 5.86. The number of carbonyl (C=O) groups is 1. The minimum Gasteiger partial charge on any atom is -0.464 e. The molecule has 0 fully saturated rings. The topological polar surface area (TPSA) is 98.9 Å². The summed E-state index contributed by atoms with van der Waals surface area (Å²) in [5.41, 5.74) is 0. The largest absolute Gasteiger partial charge is 0.464 e. The van der Waals surface area contributed by atoms with E-state index in [9.17, 15) is 9.90 Å². The highest BCUT2D eigenvalue weighted by atomic mass is 16.4. The third-order valence-electron chi connectivity index (χ3n) is 2.47. The Morgan fingerprint density at radius 2 is 2.21 bits per heavy atom. The van der Waals surface area contributed by atoms with Gasteiger partial charge in [0.1, 0.15) is 17.6 Å². The van der Waals surface area contributed by atoms with E-state index in [0.29, 0.717) is 11.7 Å². The second-order valence-electron chi connectivity index (χ2n) is 3.94. The van der Waals surface area contributed by atoms with Crippen molar-refractivity contribution in [3.63, 3.8) is 0 Å². The molecule has 106 valence electrons. The number of hydrogen-bond donors (Lipinski definition) is 4. The highest BCUT2D eigenvalue weighted by Gasteiger charge is 2.12. The van der Waals surface area contributed by atoms with Crippen molar-refractivity contribution in [2.24, 2.45) is 4.99 Å². The van der Waals surface area contributed by atoms with Crippen LogP contribution in [0.1, 0.15) is 17.6 Å². The van der Waals surface area contributed by atoms with Crippen molar-refractivity contribution in [3.05, 3.63) is 23.7 Å². The van der Waals surface area contributed by atoms with E-state index in [1.807, 2.05) is 6.92 Å². The summed E-state index contributed by atoms with van der Waals surface area (Å²) in [7, 11) is 3.14. The van der Waals surface area contributed by atoms with Crippen LogP contribution >= 0.6 is 0 Å². The minimum atomic E-state index is -0.771. The second kappa shape index (κ2) is 7.42. The Labute approximate surface area is 112 Å². The zero-order valence-corrected chi connectivity index (χ0v) is 11.4. The van der Waals surface area contributed by atoms with E-state index >= 15 is 0 Å². The van der Waals surface area contributed by atoms with Gasteiger partial charge in [-0.15, -0.1) is 0 Å². The average Bonchev–Trinajstić information content (AvgIpc) is 2.85. The van der Waals surface area contributed by atoms with Gasteiger partial charge in [0.2, 0.25) is 5.91 Å². The quantitative estimate of drug-likeness (QED) is 0.427. The molecule has 0 saturated carbocycles. The summed E-state index contributed by atoms with van der Waals surface area (Å²) >= 11 is 0. The highest BCUT2D eigenvalue weighted by Crippen LogP contribution is 2.14. The van der Waals surface area contributed by atoms with Crippen LogP contribution in [0.5, 0.6) is 0 Å². The van der Waals surface area contributed by atoms with Gasteiger partial charge < -0.3 is 25.5 Å². The van der Waals surface area contributed by atoms with Crippen molar-refractivity contribution < 1.29 is 14.3 Å². The number of carbonyl (C=O) groups excluding carboxylic acids is 1. The molecular weight excluding hydrogens is 248 g/mol. The first-order valence-electron chi connectivity index (χ1n) is 5.96. The van der Waals surface area contributed by atoms with Gasteiger partial charge >= 0.3 is 0 Å². The smallest absolute Gasteiger partial charge is 0.239 e. The molecule has 1 rings (SSSR count). The molecule has 19 heavy (non-hydrogen) atoms. The molecule has 0 radical (unpaired) electrons. The molecule has 7 nitrogen and oxygen atoms in total. The summed E-state index contributed by atoms with van der Waals surface area (Å²) in [6, 6.07) is 3.51. The Kier molecular flexibility index (Phi) is 5.87. The van der Waals surface area contributed by atoms with Crippen molar-refractivity contribution >= 4 is 11.9 Å². The Hall–Kier alpha value is -2.02. The molecule has 7 heteroatoms. The zero-order valence-electron chi connectivity index (χ0n) is 11.4. The molecule has 1 heterocycles. The summed E-state index contributed by atoms with van der Waals surface area (Å²) in [4.78, 5) is 15.0. The molecule has 0 aliphatic carbocycles. The molecule has 0 aliphatic heterocycles. The van der Waals surface area contributed by atoms with Gasteiger partial charge in [-0.2, -0.15) is 0 Å². The number of aliphatic hydroxyl groups excluding tert-OH is 1. The normalized spacial score (nSPS) is 12.9. The van der Waals surface area contributed by atoms with Crippen molar-refractivity contribution in [1.29, 1.82) is 0 Å². The number of hydrogen-bond acceptors (Lipinski definition) is 4. The third-order valence-corrected chi connectivity index (χ3v) is 2.47. The maximum atomic E-state index is 11.1. The van der Waals surface area contributed by atoms with Gasteiger partial charge in [-0.05, 0) is 19.1 Å². The molecule has 1 aromatic rings. The number of aliphatic hydroxyl groups is 1. The fourth-order valence-electron chi connectivity index (χ4n) is 1.40. The van der Waals surface area contributed by atoms with Crippen molar-refractivity contribution in [3.8, 4) is 0 Å². The summed E-state index contributed by atoms with van der Waals surface area (Å²) in [6.07, 6.45) is -0.771. The fraction of sp³-hybridized carbons (Fsp3) is 0.500. The Balaban J connectivity index is 2.39. The van der Waals surface area contributed by atoms with Crippen LogP contribution in [0.25, 0.3) is 0 Å². The van der Waals surface area contributed by atoms with Gasteiger partial charge in [0.25, 0.3) is 0 Å². The van der Waals surface area contributed by atoms with Crippen LogP contribution in [0, 0.1) is 6.92 Å². The van der Waals surface area contributed by atoms with E-state index < -0.39 is 6.10 Å². The monoisotopic (exact) mass is 268 g/mol. The third kappa shape index (κ3) is 5.01. The van der Waals surface area contributed by atoms with Gasteiger partial charge in [-0.25, -0.2) is 0 Å². The van der Waals surface area contributed by atoms with Gasteiger partial charge in [-0.1, -0.05) is 0 Å². The predicted molar refractivity (Wildman–Crippen MR) is 71.8 cm³/mol. The number of aryl methyl sites for hydroxylation is 1. The standard InChI is InChI=1S/C12H20N4O3/c1-8-4-5-10(19-8)9(17)6-15-12(14-3)16-7-11(18)13-2/h4-5,9,17H,6-7H2,1-3H3,(H,13,18)(H2,14,15,16). The van der Waals surface area contributed by atoms with Gasteiger partial charge in [0.05, 0.1) is 13.1 Å². The fourth-order valence-corrected chi connectivity index (χ4v) is 1.40. The number of guanidine groups is 1. The second-order valence-corrected chi connectivity index (χ2v) is 3.94. The van der Waals surface area contributed by atoms with Crippen LogP contribution in [0.4, 0.5) is 0 Å². The van der Waals surface area contributed by atoms with E-state index in [0.717, 1.165) is 5.76 Å². The molecular formula is C12H20N4O3. The molecule has 0 aromatic carbocycles. The first-order chi connectivity index (χ1) is 9.06. The van der Waals surface area contributed by atoms with Crippen LogP contribution in [0.15, 0.2) is 21.5 Å². The molecule has 0 bridgehead atoms. The number of nitrogens with one attached hydrogen (secondary N) is 3. The van der Waals surface area contributed by atoms with Crippen LogP contribution in [0.2, 0.25) is 0 Å². The molecule has 0 aliphatic rings. The van der Waals surface area contributed by atoms with E-state index in [2.05, 4.69) is 20.9 Å². The van der Waals surface area contributed by atoms with E-state index in [-0.39, 0.29) is 19.0 Å². The number of amides is 1. The van der Waals surface area contributed by atoms with E-state index in [4.69, 9.17) is 4.42 Å². The summed E-state index contributed by atoms with van der Waals surface area (Å²) < 4.78 is 5.31.